The molecule has 4 nitrogen and oxygen atoms in total. The summed E-state index contributed by atoms with van der Waals surface area (Å²) in [6.45, 7) is 6.46. The SMILES string of the molecule is C[C@H](NC(=O)OC(C)(C)C)C(=O)c1ccc(C(F)(F)F)cc1. The van der Waals surface area contributed by atoms with Gasteiger partial charge in [0, 0.05) is 5.56 Å². The average Bonchev–Trinajstić information content (AvgIpc) is 2.34. The lowest BCUT2D eigenvalue weighted by molar-refractivity contribution is -0.137. The Labute approximate surface area is 126 Å². The Morgan fingerprint density at radius 2 is 1.59 bits per heavy atom. The highest BCUT2D eigenvalue weighted by Gasteiger charge is 2.30. The van der Waals surface area contributed by atoms with Gasteiger partial charge in [-0.25, -0.2) is 4.79 Å². The third-order valence-corrected chi connectivity index (χ3v) is 2.62. The average molecular weight is 317 g/mol. The molecular formula is C15H18F3NO3. The first-order valence-corrected chi connectivity index (χ1v) is 6.61. The molecule has 1 rings (SSSR count). The summed E-state index contributed by atoms with van der Waals surface area (Å²) in [7, 11) is 0. The molecule has 122 valence electrons. The highest BCUT2D eigenvalue weighted by Crippen LogP contribution is 2.29. The van der Waals surface area contributed by atoms with Crippen molar-refractivity contribution < 1.29 is 27.5 Å². The summed E-state index contributed by atoms with van der Waals surface area (Å²) in [6, 6.07) is 2.91. The predicted molar refractivity (Wildman–Crippen MR) is 74.6 cm³/mol. The van der Waals surface area contributed by atoms with E-state index in [0.29, 0.717) is 0 Å². The highest BCUT2D eigenvalue weighted by atomic mass is 19.4. The predicted octanol–water partition coefficient (Wildman–Crippen LogP) is 3.80. The van der Waals surface area contributed by atoms with Crippen molar-refractivity contribution in [3.63, 3.8) is 0 Å². The Morgan fingerprint density at radius 1 is 1.09 bits per heavy atom. The molecule has 1 aromatic rings. The number of Topliss-reactive ketones (excluding diaryl/α,β-unsaturated/α-hetero) is 1. The smallest absolute Gasteiger partial charge is 0.416 e. The summed E-state index contributed by atoms with van der Waals surface area (Å²) >= 11 is 0. The number of nitrogens with one attached hydrogen (secondary N) is 1. The quantitative estimate of drug-likeness (QED) is 0.863. The van der Waals surface area contributed by atoms with Gasteiger partial charge in [0.1, 0.15) is 5.60 Å². The number of alkyl carbamates (subject to hydrolysis) is 1. The van der Waals surface area contributed by atoms with Crippen LogP contribution in [-0.2, 0) is 10.9 Å². The fourth-order valence-corrected chi connectivity index (χ4v) is 1.62. The van der Waals surface area contributed by atoms with Gasteiger partial charge >= 0.3 is 12.3 Å². The maximum absolute atomic E-state index is 12.5. The van der Waals surface area contributed by atoms with Crippen molar-refractivity contribution in [2.45, 2.75) is 45.5 Å². The fourth-order valence-electron chi connectivity index (χ4n) is 1.62. The van der Waals surface area contributed by atoms with Crippen LogP contribution in [0.2, 0.25) is 0 Å². The van der Waals surface area contributed by atoms with E-state index >= 15 is 0 Å². The van der Waals surface area contributed by atoms with E-state index in [4.69, 9.17) is 4.74 Å². The molecule has 0 aliphatic carbocycles. The van der Waals surface area contributed by atoms with Crippen LogP contribution in [0.5, 0.6) is 0 Å². The molecule has 0 radical (unpaired) electrons. The first-order chi connectivity index (χ1) is 9.90. The second-order valence-corrected chi connectivity index (χ2v) is 5.81. The van der Waals surface area contributed by atoms with Crippen molar-refractivity contribution in [1.29, 1.82) is 0 Å². The Hall–Kier alpha value is -2.05. The molecule has 0 unspecified atom stereocenters. The zero-order valence-electron chi connectivity index (χ0n) is 12.7. The summed E-state index contributed by atoms with van der Waals surface area (Å²) in [5.74, 6) is -0.500. The minimum atomic E-state index is -4.46. The molecule has 1 aromatic carbocycles. The maximum atomic E-state index is 12.5. The van der Waals surface area contributed by atoms with Crippen molar-refractivity contribution in [2.75, 3.05) is 0 Å². The van der Waals surface area contributed by atoms with Crippen LogP contribution in [0.1, 0.15) is 43.6 Å². The number of carbonyl (C=O) groups excluding carboxylic acids is 2. The van der Waals surface area contributed by atoms with Gasteiger partial charge in [0.05, 0.1) is 11.6 Å². The van der Waals surface area contributed by atoms with E-state index < -0.39 is 35.3 Å². The standard InChI is InChI=1S/C15H18F3NO3/c1-9(19-13(21)22-14(2,3)4)12(20)10-5-7-11(8-6-10)15(16,17)18/h5-9H,1-4H3,(H,19,21)/t9-/m0/s1. The monoisotopic (exact) mass is 317 g/mol. The van der Waals surface area contributed by atoms with E-state index in [2.05, 4.69) is 5.32 Å². The van der Waals surface area contributed by atoms with E-state index in [-0.39, 0.29) is 5.56 Å². The van der Waals surface area contributed by atoms with Crippen molar-refractivity contribution in [3.05, 3.63) is 35.4 Å². The number of ether oxygens (including phenoxy) is 1. The third kappa shape index (κ3) is 5.38. The molecule has 0 saturated carbocycles. The van der Waals surface area contributed by atoms with Gasteiger partial charge in [0.15, 0.2) is 5.78 Å². The normalized spacial score (nSPS) is 13.4. The molecule has 0 saturated heterocycles. The zero-order chi connectivity index (χ0) is 17.1. The molecule has 1 amide bonds. The summed E-state index contributed by atoms with van der Waals surface area (Å²) in [5.41, 5.74) is -1.46. The fraction of sp³-hybridized carbons (Fsp3) is 0.467. The maximum Gasteiger partial charge on any atom is 0.416 e. The van der Waals surface area contributed by atoms with Crippen LogP contribution in [0.3, 0.4) is 0 Å². The van der Waals surface area contributed by atoms with Crippen LogP contribution in [0, 0.1) is 0 Å². The molecule has 1 atom stereocenters. The minimum absolute atomic E-state index is 0.0801. The van der Waals surface area contributed by atoms with Gasteiger partial charge in [-0.05, 0) is 39.8 Å². The lowest BCUT2D eigenvalue weighted by atomic mass is 10.0. The Kier molecular flexibility index (Phi) is 5.22. The van der Waals surface area contributed by atoms with Gasteiger partial charge < -0.3 is 10.1 Å². The summed E-state index contributed by atoms with van der Waals surface area (Å²) in [6.07, 6.45) is -5.22. The van der Waals surface area contributed by atoms with Gasteiger partial charge in [0.2, 0.25) is 0 Å². The van der Waals surface area contributed by atoms with Crippen LogP contribution < -0.4 is 5.32 Å². The van der Waals surface area contributed by atoms with Crippen LogP contribution in [-0.4, -0.2) is 23.5 Å². The van der Waals surface area contributed by atoms with E-state index in [1.54, 1.807) is 20.8 Å². The molecule has 22 heavy (non-hydrogen) atoms. The Bertz CT molecular complexity index is 545. The molecule has 0 aliphatic heterocycles. The van der Waals surface area contributed by atoms with Gasteiger partial charge in [-0.2, -0.15) is 13.2 Å². The first kappa shape index (κ1) is 18.0. The van der Waals surface area contributed by atoms with E-state index in [9.17, 15) is 22.8 Å². The summed E-state index contributed by atoms with van der Waals surface area (Å²) < 4.78 is 42.4. The summed E-state index contributed by atoms with van der Waals surface area (Å²) in [5, 5.41) is 2.35. The second kappa shape index (κ2) is 6.37. The van der Waals surface area contributed by atoms with Crippen LogP contribution >= 0.6 is 0 Å². The van der Waals surface area contributed by atoms with Crippen LogP contribution in [0.4, 0.5) is 18.0 Å². The van der Waals surface area contributed by atoms with Crippen LogP contribution in [0.15, 0.2) is 24.3 Å². The van der Waals surface area contributed by atoms with Crippen molar-refractivity contribution >= 4 is 11.9 Å². The number of alkyl halides is 3. The largest absolute Gasteiger partial charge is 0.444 e. The highest BCUT2D eigenvalue weighted by molar-refractivity contribution is 6.01. The molecule has 0 spiro atoms. The molecule has 7 heteroatoms. The molecular weight excluding hydrogens is 299 g/mol. The van der Waals surface area contributed by atoms with Gasteiger partial charge in [0.25, 0.3) is 0 Å². The Morgan fingerprint density at radius 3 is 2.00 bits per heavy atom. The van der Waals surface area contributed by atoms with E-state index in [0.717, 1.165) is 24.3 Å². The van der Waals surface area contributed by atoms with Crippen molar-refractivity contribution in [1.82, 2.24) is 5.32 Å². The van der Waals surface area contributed by atoms with Gasteiger partial charge in [-0.15, -0.1) is 0 Å². The lowest BCUT2D eigenvalue weighted by Crippen LogP contribution is -2.41. The summed E-state index contributed by atoms with van der Waals surface area (Å²) in [4.78, 5) is 23.6. The number of halogens is 3. The number of carbonyl (C=O) groups is 2. The number of amides is 1. The number of ketones is 1. The van der Waals surface area contributed by atoms with Crippen molar-refractivity contribution in [2.24, 2.45) is 0 Å². The molecule has 0 aromatic heterocycles. The molecule has 0 fully saturated rings. The zero-order valence-corrected chi connectivity index (χ0v) is 12.7. The second-order valence-electron chi connectivity index (χ2n) is 5.81. The van der Waals surface area contributed by atoms with Gasteiger partial charge in [-0.3, -0.25) is 4.79 Å². The van der Waals surface area contributed by atoms with Gasteiger partial charge in [-0.1, -0.05) is 12.1 Å². The van der Waals surface area contributed by atoms with Crippen molar-refractivity contribution in [3.8, 4) is 0 Å². The third-order valence-electron chi connectivity index (χ3n) is 2.62. The first-order valence-electron chi connectivity index (χ1n) is 6.61. The topological polar surface area (TPSA) is 55.4 Å². The Balaban J connectivity index is 2.73. The number of rotatable bonds is 3. The minimum Gasteiger partial charge on any atom is -0.444 e. The molecule has 0 heterocycles. The number of benzene rings is 1. The number of hydrogen-bond donors (Lipinski definition) is 1. The molecule has 0 bridgehead atoms. The van der Waals surface area contributed by atoms with Crippen LogP contribution in [0.25, 0.3) is 0 Å². The van der Waals surface area contributed by atoms with E-state index in [1.165, 1.54) is 6.92 Å². The molecule has 1 N–H and O–H groups in total. The lowest BCUT2D eigenvalue weighted by Gasteiger charge is -2.21. The van der Waals surface area contributed by atoms with E-state index in [1.807, 2.05) is 0 Å². The molecule has 0 aliphatic rings. The number of hydrogen-bond acceptors (Lipinski definition) is 3.